The molecule has 30 valence electrons. The molecule has 0 aromatic heterocycles. The lowest BCUT2D eigenvalue weighted by Crippen LogP contribution is -1.71. The molecule has 1 aliphatic heterocycles. The van der Waals surface area contributed by atoms with Crippen LogP contribution >= 0.6 is 11.8 Å². The molecule has 2 unspecified atom stereocenters. The summed E-state index contributed by atoms with van der Waals surface area (Å²) in [4.78, 5) is 0. The van der Waals surface area contributed by atoms with Gasteiger partial charge in [0.15, 0.2) is 5.50 Å². The van der Waals surface area contributed by atoms with Crippen molar-refractivity contribution in [3.8, 4) is 0 Å². The predicted molar refractivity (Wildman–Crippen MR) is 21.9 cm³/mol. The second-order valence-corrected chi connectivity index (χ2v) is 2.66. The summed E-state index contributed by atoms with van der Waals surface area (Å²) in [5.41, 5.74) is -0.532. The summed E-state index contributed by atoms with van der Waals surface area (Å²) in [7, 11) is 0. The Kier molecular flexibility index (Phi) is 0.603. The molecule has 0 spiro atoms. The van der Waals surface area contributed by atoms with Gasteiger partial charge in [-0.1, -0.05) is 0 Å². The summed E-state index contributed by atoms with van der Waals surface area (Å²) >= 11 is 1.38. The van der Waals surface area contributed by atoms with Crippen LogP contribution in [0, 0.1) is 0 Å². The van der Waals surface area contributed by atoms with Crippen LogP contribution in [0.4, 0.5) is 4.39 Å². The highest BCUT2D eigenvalue weighted by molar-refractivity contribution is 8.07. The van der Waals surface area contributed by atoms with Gasteiger partial charge in [0.1, 0.15) is 0 Å². The minimum Gasteiger partial charge on any atom is -0.234 e. The zero-order valence-corrected chi connectivity index (χ0v) is 3.76. The molecular weight excluding hydrogens is 87.1 g/mol. The summed E-state index contributed by atoms with van der Waals surface area (Å²) in [5, 5.41) is 0.301. The minimum absolute atomic E-state index is 0.301. The van der Waals surface area contributed by atoms with Crippen LogP contribution in [-0.4, -0.2) is 10.8 Å². The second kappa shape index (κ2) is 0.869. The average molecular weight is 92.1 g/mol. The van der Waals surface area contributed by atoms with E-state index < -0.39 is 5.50 Å². The van der Waals surface area contributed by atoms with Gasteiger partial charge in [-0.05, 0) is 6.92 Å². The highest BCUT2D eigenvalue weighted by Crippen LogP contribution is 2.41. The summed E-state index contributed by atoms with van der Waals surface area (Å²) in [5.74, 6) is 0. The van der Waals surface area contributed by atoms with Crippen molar-refractivity contribution in [3.05, 3.63) is 0 Å². The van der Waals surface area contributed by atoms with Crippen LogP contribution in [0.15, 0.2) is 0 Å². The third-order valence-corrected chi connectivity index (χ3v) is 1.66. The molecule has 0 bridgehead atoms. The molecule has 0 amide bonds. The van der Waals surface area contributed by atoms with Gasteiger partial charge in [0.05, 0.1) is 0 Å². The maximum Gasteiger partial charge on any atom is 0.158 e. The molecule has 1 rings (SSSR count). The highest BCUT2D eigenvalue weighted by Gasteiger charge is 2.33. The van der Waals surface area contributed by atoms with Crippen LogP contribution in [-0.2, 0) is 0 Å². The van der Waals surface area contributed by atoms with E-state index in [9.17, 15) is 4.39 Å². The van der Waals surface area contributed by atoms with Crippen molar-refractivity contribution in [1.82, 2.24) is 0 Å². The minimum atomic E-state index is -0.532. The molecule has 0 nitrogen and oxygen atoms in total. The first-order chi connectivity index (χ1) is 2.30. The van der Waals surface area contributed by atoms with E-state index in [-0.39, 0.29) is 0 Å². The lowest BCUT2D eigenvalue weighted by molar-refractivity contribution is 0.496. The zero-order valence-electron chi connectivity index (χ0n) is 2.94. The molecular formula is C3H5FS. The molecule has 0 saturated carbocycles. The number of rotatable bonds is 0. The Balaban J connectivity index is 2.20. The molecule has 0 radical (unpaired) electrons. The number of thioether (sulfide) groups is 1. The fourth-order valence-electron chi connectivity index (χ4n) is 0.160. The van der Waals surface area contributed by atoms with E-state index in [1.54, 1.807) is 0 Å². The molecule has 1 heterocycles. The third-order valence-electron chi connectivity index (χ3n) is 0.637. The number of hydrogen-bond acceptors (Lipinski definition) is 1. The van der Waals surface area contributed by atoms with E-state index >= 15 is 0 Å². The van der Waals surface area contributed by atoms with Crippen LogP contribution in [0.1, 0.15) is 6.92 Å². The Morgan fingerprint density at radius 3 is 2.00 bits per heavy atom. The quantitative estimate of drug-likeness (QED) is 0.407. The lowest BCUT2D eigenvalue weighted by Gasteiger charge is -1.59. The van der Waals surface area contributed by atoms with E-state index in [4.69, 9.17) is 0 Å². The molecule has 0 N–H and O–H groups in total. The van der Waals surface area contributed by atoms with Crippen molar-refractivity contribution in [2.45, 2.75) is 17.7 Å². The monoisotopic (exact) mass is 92.0 g/mol. The van der Waals surface area contributed by atoms with Crippen molar-refractivity contribution in [2.24, 2.45) is 0 Å². The standard InChI is InChI=1S/C3H5FS/c1-2-3(4)5-2/h2-3H,1H3. The summed E-state index contributed by atoms with van der Waals surface area (Å²) in [6.07, 6.45) is 0. The molecule has 1 fully saturated rings. The fraction of sp³-hybridized carbons (Fsp3) is 1.00. The molecule has 5 heavy (non-hydrogen) atoms. The van der Waals surface area contributed by atoms with Crippen LogP contribution in [0.2, 0.25) is 0 Å². The van der Waals surface area contributed by atoms with Crippen molar-refractivity contribution in [3.63, 3.8) is 0 Å². The average Bonchev–Trinajstić information content (AvgIpc) is 1.79. The topological polar surface area (TPSA) is 0 Å². The summed E-state index contributed by atoms with van der Waals surface area (Å²) < 4.78 is 11.5. The van der Waals surface area contributed by atoms with Gasteiger partial charge in [-0.15, -0.1) is 11.8 Å². The van der Waals surface area contributed by atoms with E-state index in [2.05, 4.69) is 0 Å². The van der Waals surface area contributed by atoms with Crippen molar-refractivity contribution in [1.29, 1.82) is 0 Å². The summed E-state index contributed by atoms with van der Waals surface area (Å²) in [6, 6.07) is 0. The van der Waals surface area contributed by atoms with Gasteiger partial charge in [-0.3, -0.25) is 0 Å². The van der Waals surface area contributed by atoms with Crippen molar-refractivity contribution in [2.75, 3.05) is 0 Å². The van der Waals surface area contributed by atoms with E-state index in [1.165, 1.54) is 11.8 Å². The Morgan fingerprint density at radius 1 is 1.80 bits per heavy atom. The number of halogens is 1. The van der Waals surface area contributed by atoms with E-state index in [0.29, 0.717) is 5.25 Å². The highest BCUT2D eigenvalue weighted by atomic mass is 32.2. The van der Waals surface area contributed by atoms with Crippen LogP contribution in [0.25, 0.3) is 0 Å². The molecule has 1 aliphatic rings. The molecule has 0 aliphatic carbocycles. The van der Waals surface area contributed by atoms with Gasteiger partial charge in [0, 0.05) is 5.25 Å². The zero-order chi connectivity index (χ0) is 3.86. The first-order valence-corrected chi connectivity index (χ1v) is 2.54. The predicted octanol–water partition coefficient (Wildman–Crippen LogP) is 1.42. The van der Waals surface area contributed by atoms with Gasteiger partial charge in [0.25, 0.3) is 0 Å². The van der Waals surface area contributed by atoms with Crippen LogP contribution in [0.5, 0.6) is 0 Å². The Morgan fingerprint density at radius 2 is 2.00 bits per heavy atom. The van der Waals surface area contributed by atoms with Crippen LogP contribution in [0.3, 0.4) is 0 Å². The van der Waals surface area contributed by atoms with Gasteiger partial charge in [0.2, 0.25) is 0 Å². The van der Waals surface area contributed by atoms with Crippen LogP contribution < -0.4 is 0 Å². The second-order valence-electron chi connectivity index (χ2n) is 1.19. The lowest BCUT2D eigenvalue weighted by atomic mass is 10.6. The molecule has 2 atom stereocenters. The number of hydrogen-bond donors (Lipinski definition) is 0. The van der Waals surface area contributed by atoms with Crippen molar-refractivity contribution >= 4 is 11.8 Å². The largest absolute Gasteiger partial charge is 0.234 e. The SMILES string of the molecule is CC1SC1F. The smallest absolute Gasteiger partial charge is 0.158 e. The Hall–Kier alpha value is 0.280. The first-order valence-electron chi connectivity index (χ1n) is 1.60. The molecule has 2 heteroatoms. The maximum absolute atomic E-state index is 11.5. The summed E-state index contributed by atoms with van der Waals surface area (Å²) in [6.45, 7) is 1.88. The normalized spacial score (nSPS) is 49.2. The van der Waals surface area contributed by atoms with Gasteiger partial charge >= 0.3 is 0 Å². The Bertz CT molecular complexity index is 40.2. The van der Waals surface area contributed by atoms with E-state index in [0.717, 1.165) is 0 Å². The molecule has 0 aromatic carbocycles. The van der Waals surface area contributed by atoms with E-state index in [1.807, 2.05) is 6.92 Å². The molecule has 0 aromatic rings. The first kappa shape index (κ1) is 3.47. The fourth-order valence-corrected chi connectivity index (χ4v) is 0.479. The maximum atomic E-state index is 11.5. The van der Waals surface area contributed by atoms with Gasteiger partial charge in [-0.2, -0.15) is 0 Å². The van der Waals surface area contributed by atoms with Gasteiger partial charge in [-0.25, -0.2) is 4.39 Å². The third kappa shape index (κ3) is 0.564. The number of alkyl halides is 1. The Labute approximate surface area is 34.8 Å². The molecule has 1 saturated heterocycles. The van der Waals surface area contributed by atoms with Crippen molar-refractivity contribution < 1.29 is 4.39 Å². The van der Waals surface area contributed by atoms with Gasteiger partial charge < -0.3 is 0 Å².